The van der Waals surface area contributed by atoms with Crippen molar-refractivity contribution in [3.05, 3.63) is 158 Å². The highest BCUT2D eigenvalue weighted by atomic mass is 32.1. The second kappa shape index (κ2) is 10.5. The first-order valence-corrected chi connectivity index (χ1v) is 17.6. The van der Waals surface area contributed by atoms with E-state index in [1.165, 1.54) is 48.4 Å². The highest BCUT2D eigenvalue weighted by Crippen LogP contribution is 2.46. The van der Waals surface area contributed by atoms with Gasteiger partial charge in [-0.05, 0) is 47.5 Å². The SMILES string of the molecule is c1ccc(-c2nc(-c3cccc(-c4ccc5c(c4)c4cc6nc(-c7ccccc7)sc6c6c7ccccc7n5c46)c3)c3ccccc3n2)cc1. The van der Waals surface area contributed by atoms with Gasteiger partial charge in [0.2, 0.25) is 0 Å². The van der Waals surface area contributed by atoms with E-state index in [1.54, 1.807) is 11.3 Å². The maximum Gasteiger partial charge on any atom is 0.160 e. The molecule has 11 rings (SSSR count). The van der Waals surface area contributed by atoms with Crippen molar-refractivity contribution >= 4 is 70.6 Å². The predicted octanol–water partition coefficient (Wildman–Crippen LogP) is 12.1. The first-order valence-electron chi connectivity index (χ1n) is 16.8. The molecule has 4 nitrogen and oxygen atoms in total. The monoisotopic (exact) mass is 654 g/mol. The van der Waals surface area contributed by atoms with Gasteiger partial charge in [0.05, 0.1) is 38.0 Å². The zero-order valence-corrected chi connectivity index (χ0v) is 27.5. The topological polar surface area (TPSA) is 43.1 Å². The number of fused-ring (bicyclic) bond motifs is 9. The molecule has 0 spiro atoms. The van der Waals surface area contributed by atoms with Gasteiger partial charge in [0.25, 0.3) is 0 Å². The fraction of sp³-hybridized carbons (Fsp3) is 0. The molecule has 232 valence electrons. The summed E-state index contributed by atoms with van der Waals surface area (Å²) in [7, 11) is 0. The fourth-order valence-corrected chi connectivity index (χ4v) is 8.79. The lowest BCUT2D eigenvalue weighted by Gasteiger charge is -2.11. The molecular formula is C45H26N4S. The Morgan fingerprint density at radius 1 is 0.420 bits per heavy atom. The average molecular weight is 655 g/mol. The molecule has 0 bridgehead atoms. The van der Waals surface area contributed by atoms with E-state index in [4.69, 9.17) is 15.0 Å². The number of hydrogen-bond acceptors (Lipinski definition) is 4. The zero-order chi connectivity index (χ0) is 32.8. The zero-order valence-electron chi connectivity index (χ0n) is 26.7. The van der Waals surface area contributed by atoms with Gasteiger partial charge in [-0.15, -0.1) is 11.3 Å². The van der Waals surface area contributed by atoms with Gasteiger partial charge >= 0.3 is 0 Å². The van der Waals surface area contributed by atoms with E-state index in [0.717, 1.165) is 55.2 Å². The van der Waals surface area contributed by atoms with Crippen LogP contribution in [0.1, 0.15) is 0 Å². The summed E-state index contributed by atoms with van der Waals surface area (Å²) in [6, 6.07) is 55.8. The van der Waals surface area contributed by atoms with Crippen molar-refractivity contribution in [2.24, 2.45) is 0 Å². The third-order valence-electron chi connectivity index (χ3n) is 9.94. The maximum absolute atomic E-state index is 5.20. The second-order valence-electron chi connectivity index (χ2n) is 12.8. The molecule has 11 aromatic rings. The second-order valence-corrected chi connectivity index (χ2v) is 13.8. The minimum Gasteiger partial charge on any atom is -0.308 e. The van der Waals surface area contributed by atoms with Crippen LogP contribution in [0.4, 0.5) is 0 Å². The van der Waals surface area contributed by atoms with Gasteiger partial charge in [-0.25, -0.2) is 15.0 Å². The summed E-state index contributed by atoms with van der Waals surface area (Å²) >= 11 is 1.79. The molecule has 0 amide bonds. The van der Waals surface area contributed by atoms with Gasteiger partial charge in [0.1, 0.15) is 5.01 Å². The minimum atomic E-state index is 0.730. The fourth-order valence-electron chi connectivity index (χ4n) is 7.68. The highest BCUT2D eigenvalue weighted by molar-refractivity contribution is 7.22. The van der Waals surface area contributed by atoms with E-state index in [1.807, 2.05) is 24.3 Å². The van der Waals surface area contributed by atoms with Crippen LogP contribution < -0.4 is 0 Å². The van der Waals surface area contributed by atoms with Gasteiger partial charge in [-0.2, -0.15) is 0 Å². The van der Waals surface area contributed by atoms with Crippen molar-refractivity contribution in [2.75, 3.05) is 0 Å². The van der Waals surface area contributed by atoms with Gasteiger partial charge in [-0.3, -0.25) is 0 Å². The Labute approximate surface area is 290 Å². The lowest BCUT2D eigenvalue weighted by molar-refractivity contribution is 1.23. The Balaban J connectivity index is 1.12. The van der Waals surface area contributed by atoms with Gasteiger partial charge < -0.3 is 4.40 Å². The van der Waals surface area contributed by atoms with Crippen molar-refractivity contribution in [1.82, 2.24) is 19.4 Å². The molecule has 0 aliphatic carbocycles. The van der Waals surface area contributed by atoms with Crippen molar-refractivity contribution in [2.45, 2.75) is 0 Å². The van der Waals surface area contributed by atoms with Gasteiger partial charge in [0.15, 0.2) is 5.82 Å². The van der Waals surface area contributed by atoms with Gasteiger partial charge in [-0.1, -0.05) is 121 Å². The lowest BCUT2D eigenvalue weighted by atomic mass is 9.98. The number of para-hydroxylation sites is 2. The quantitative estimate of drug-likeness (QED) is 0.190. The molecule has 0 N–H and O–H groups in total. The third-order valence-corrected chi connectivity index (χ3v) is 11.1. The third kappa shape index (κ3) is 4.01. The van der Waals surface area contributed by atoms with Crippen LogP contribution in [0.3, 0.4) is 0 Å². The lowest BCUT2D eigenvalue weighted by Crippen LogP contribution is -1.95. The van der Waals surface area contributed by atoms with E-state index in [2.05, 4.69) is 138 Å². The highest BCUT2D eigenvalue weighted by Gasteiger charge is 2.22. The Morgan fingerprint density at radius 3 is 1.96 bits per heavy atom. The summed E-state index contributed by atoms with van der Waals surface area (Å²) in [5.41, 5.74) is 12.2. The number of benzene rings is 7. The van der Waals surface area contributed by atoms with Crippen LogP contribution in [-0.4, -0.2) is 19.4 Å². The summed E-state index contributed by atoms with van der Waals surface area (Å²) in [5, 5.41) is 7.11. The van der Waals surface area contributed by atoms with E-state index in [-0.39, 0.29) is 0 Å². The maximum atomic E-state index is 5.20. The van der Waals surface area contributed by atoms with Gasteiger partial charge in [0, 0.05) is 43.6 Å². The molecule has 0 saturated heterocycles. The van der Waals surface area contributed by atoms with E-state index >= 15 is 0 Å². The molecule has 0 unspecified atom stereocenters. The molecule has 0 saturated carbocycles. The molecular weight excluding hydrogens is 629 g/mol. The van der Waals surface area contributed by atoms with E-state index in [0.29, 0.717) is 0 Å². The summed E-state index contributed by atoms with van der Waals surface area (Å²) < 4.78 is 3.69. The van der Waals surface area contributed by atoms with Crippen molar-refractivity contribution < 1.29 is 0 Å². The van der Waals surface area contributed by atoms with Crippen molar-refractivity contribution in [3.63, 3.8) is 0 Å². The minimum absolute atomic E-state index is 0.730. The smallest absolute Gasteiger partial charge is 0.160 e. The largest absolute Gasteiger partial charge is 0.308 e. The molecule has 50 heavy (non-hydrogen) atoms. The molecule has 0 aliphatic heterocycles. The predicted molar refractivity (Wildman–Crippen MR) is 209 cm³/mol. The number of thiazole rings is 1. The van der Waals surface area contributed by atoms with Crippen LogP contribution >= 0.6 is 11.3 Å². The van der Waals surface area contributed by atoms with Crippen LogP contribution in [-0.2, 0) is 0 Å². The number of hydrogen-bond donors (Lipinski definition) is 0. The summed E-state index contributed by atoms with van der Waals surface area (Å²) in [4.78, 5) is 15.3. The molecule has 0 radical (unpaired) electrons. The first kappa shape index (κ1) is 27.5. The Kier molecular flexibility index (Phi) is 5.80. The van der Waals surface area contributed by atoms with Crippen LogP contribution in [0, 0.1) is 0 Å². The molecule has 4 heterocycles. The average Bonchev–Trinajstić information content (AvgIpc) is 3.87. The van der Waals surface area contributed by atoms with Crippen molar-refractivity contribution in [1.29, 1.82) is 0 Å². The first-order chi connectivity index (χ1) is 24.8. The van der Waals surface area contributed by atoms with E-state index in [9.17, 15) is 0 Å². The number of rotatable bonds is 4. The molecule has 0 aliphatic rings. The van der Waals surface area contributed by atoms with Crippen LogP contribution in [0.5, 0.6) is 0 Å². The van der Waals surface area contributed by atoms with Crippen molar-refractivity contribution in [3.8, 4) is 44.3 Å². The molecule has 4 aromatic heterocycles. The normalized spacial score (nSPS) is 12.0. The summed E-state index contributed by atoms with van der Waals surface area (Å²) in [6.07, 6.45) is 0. The molecule has 0 atom stereocenters. The molecule has 0 fully saturated rings. The number of nitrogens with zero attached hydrogens (tertiary/aromatic N) is 4. The number of aromatic nitrogens is 4. The Bertz CT molecular complexity index is 3090. The van der Waals surface area contributed by atoms with Crippen LogP contribution in [0.2, 0.25) is 0 Å². The Morgan fingerprint density at radius 2 is 1.10 bits per heavy atom. The van der Waals surface area contributed by atoms with Crippen LogP contribution in [0.15, 0.2) is 158 Å². The van der Waals surface area contributed by atoms with Crippen LogP contribution in [0.25, 0.3) is 104 Å². The summed E-state index contributed by atoms with van der Waals surface area (Å²) in [5.74, 6) is 0.730. The van der Waals surface area contributed by atoms with E-state index < -0.39 is 0 Å². The molecule has 7 aromatic carbocycles. The Hall–Kier alpha value is -6.43. The summed E-state index contributed by atoms with van der Waals surface area (Å²) in [6.45, 7) is 0. The molecule has 5 heteroatoms. The standard InChI is InChI=1S/C45H26N4S/c1-3-12-27(13-4-1)44-46-36-20-9-7-18-32(36)41(48-44)31-17-11-16-29(24-31)30-22-23-39-34(25-30)35-26-37-43(50-45(47-37)28-14-5-2-6-15-28)40-33-19-8-10-21-38(33)49(39)42(35)40/h1-26H.